The summed E-state index contributed by atoms with van der Waals surface area (Å²) in [4.78, 5) is 20.1. The first-order valence-corrected chi connectivity index (χ1v) is 10.6. The molecule has 1 saturated heterocycles. The maximum atomic E-state index is 11.4. The molecule has 24 heavy (non-hydrogen) atoms. The molecule has 0 aromatic heterocycles. The van der Waals surface area contributed by atoms with Crippen LogP contribution < -0.4 is 5.32 Å². The molecule has 1 rings (SSSR count). The lowest BCUT2D eigenvalue weighted by molar-refractivity contribution is -0.130. The van der Waals surface area contributed by atoms with Gasteiger partial charge < -0.3 is 15.1 Å². The third-order valence-electron chi connectivity index (χ3n) is 4.17. The molecule has 1 heterocycles. The smallest absolute Gasteiger partial charge is 0.219 e. The van der Waals surface area contributed by atoms with Crippen LogP contribution in [-0.2, 0) is 14.6 Å². The predicted molar refractivity (Wildman–Crippen MR) is 97.9 cm³/mol. The van der Waals surface area contributed by atoms with Crippen molar-refractivity contribution in [2.24, 2.45) is 10.4 Å². The van der Waals surface area contributed by atoms with Crippen LogP contribution in [-0.4, -0.2) is 81.4 Å². The van der Waals surface area contributed by atoms with Crippen LogP contribution in [0.2, 0.25) is 0 Å². The topological polar surface area (TPSA) is 82.1 Å². The van der Waals surface area contributed by atoms with Gasteiger partial charge in [-0.1, -0.05) is 13.8 Å². The van der Waals surface area contributed by atoms with Crippen LogP contribution >= 0.6 is 0 Å². The molecule has 1 aliphatic rings. The van der Waals surface area contributed by atoms with E-state index in [9.17, 15) is 13.2 Å². The van der Waals surface area contributed by atoms with E-state index < -0.39 is 9.84 Å². The Balaban J connectivity index is 2.67. The second-order valence-electron chi connectivity index (χ2n) is 7.21. The van der Waals surface area contributed by atoms with Crippen LogP contribution in [0.3, 0.4) is 0 Å². The third kappa shape index (κ3) is 7.51. The Morgan fingerprint density at radius 1 is 1.17 bits per heavy atom. The lowest BCUT2D eigenvalue weighted by Crippen LogP contribution is -2.53. The molecular formula is C16H32N4O3S. The zero-order chi connectivity index (χ0) is 18.4. The summed E-state index contributed by atoms with van der Waals surface area (Å²) in [6, 6.07) is 0. The number of nitrogens with zero attached hydrogens (tertiary/aromatic N) is 3. The molecule has 0 aliphatic carbocycles. The van der Waals surface area contributed by atoms with Gasteiger partial charge >= 0.3 is 0 Å². The average molecular weight is 361 g/mol. The van der Waals surface area contributed by atoms with Gasteiger partial charge in [0.25, 0.3) is 0 Å². The minimum absolute atomic E-state index is 0.110. The van der Waals surface area contributed by atoms with Gasteiger partial charge in [0, 0.05) is 52.4 Å². The van der Waals surface area contributed by atoms with Gasteiger partial charge in [-0.25, -0.2) is 8.42 Å². The largest absolute Gasteiger partial charge is 0.357 e. The molecule has 1 fully saturated rings. The number of guanidine groups is 1. The summed E-state index contributed by atoms with van der Waals surface area (Å²) in [7, 11) is -2.95. The number of nitrogens with one attached hydrogen (secondary N) is 1. The van der Waals surface area contributed by atoms with Crippen LogP contribution in [0.4, 0.5) is 0 Å². The van der Waals surface area contributed by atoms with Crippen molar-refractivity contribution in [2.45, 2.75) is 34.1 Å². The molecule has 0 saturated carbocycles. The lowest BCUT2D eigenvalue weighted by Gasteiger charge is -2.36. The molecule has 1 amide bonds. The van der Waals surface area contributed by atoms with Gasteiger partial charge in [0.1, 0.15) is 9.84 Å². The van der Waals surface area contributed by atoms with Gasteiger partial charge in [0.15, 0.2) is 5.96 Å². The van der Waals surface area contributed by atoms with Crippen molar-refractivity contribution in [2.75, 3.05) is 51.3 Å². The third-order valence-corrected chi connectivity index (χ3v) is 5.11. The monoisotopic (exact) mass is 360 g/mol. The molecular weight excluding hydrogens is 328 g/mol. The lowest BCUT2D eigenvalue weighted by atomic mass is 9.90. The number of hydrogen-bond donors (Lipinski definition) is 1. The normalized spacial score (nSPS) is 17.1. The molecule has 1 aliphatic heterocycles. The van der Waals surface area contributed by atoms with E-state index in [0.29, 0.717) is 26.1 Å². The maximum absolute atomic E-state index is 11.4. The molecule has 0 aromatic carbocycles. The Hall–Kier alpha value is -1.31. The molecule has 0 spiro atoms. The predicted octanol–water partition coefficient (Wildman–Crippen LogP) is 0.577. The number of piperazine rings is 1. The molecule has 0 bridgehead atoms. The molecule has 8 heteroatoms. The summed E-state index contributed by atoms with van der Waals surface area (Å²) in [6.45, 7) is 12.0. The summed E-state index contributed by atoms with van der Waals surface area (Å²) >= 11 is 0. The number of rotatable bonds is 6. The van der Waals surface area contributed by atoms with E-state index in [1.54, 1.807) is 6.92 Å². The molecule has 0 radical (unpaired) electrons. The second kappa shape index (κ2) is 8.69. The number of aliphatic imine (C=N–C) groups is 1. The second-order valence-corrected chi connectivity index (χ2v) is 9.47. The molecule has 0 atom stereocenters. The number of carbonyl (C=O) groups excluding carboxylic acids is 1. The van der Waals surface area contributed by atoms with Crippen LogP contribution in [0, 0.1) is 5.41 Å². The van der Waals surface area contributed by atoms with E-state index in [4.69, 9.17) is 4.99 Å². The standard InChI is InChI=1S/C16H32N4O3S/c1-6-17-15(20-10-8-19(9-11-20)14(2)21)18-13-16(3,4)7-12-24(5,22)23/h6-13H2,1-5H3,(H,17,18). The summed E-state index contributed by atoms with van der Waals surface area (Å²) in [5.74, 6) is 1.13. The zero-order valence-corrected chi connectivity index (χ0v) is 16.4. The van der Waals surface area contributed by atoms with Gasteiger partial charge in [-0.3, -0.25) is 9.79 Å². The minimum atomic E-state index is -2.95. The summed E-state index contributed by atoms with van der Waals surface area (Å²) in [6.07, 6.45) is 1.86. The van der Waals surface area contributed by atoms with Crippen LogP contribution in [0.1, 0.15) is 34.1 Å². The highest BCUT2D eigenvalue weighted by atomic mass is 32.2. The Morgan fingerprint density at radius 3 is 2.17 bits per heavy atom. The van der Waals surface area contributed by atoms with E-state index in [2.05, 4.69) is 10.2 Å². The van der Waals surface area contributed by atoms with Gasteiger partial charge in [-0.15, -0.1) is 0 Å². The highest BCUT2D eigenvalue weighted by Crippen LogP contribution is 2.21. The number of hydrogen-bond acceptors (Lipinski definition) is 4. The molecule has 1 N–H and O–H groups in total. The fourth-order valence-corrected chi connectivity index (χ4v) is 3.41. The first-order chi connectivity index (χ1) is 11.0. The first-order valence-electron chi connectivity index (χ1n) is 8.50. The van der Waals surface area contributed by atoms with E-state index in [-0.39, 0.29) is 17.1 Å². The first kappa shape index (κ1) is 20.7. The van der Waals surface area contributed by atoms with E-state index in [0.717, 1.165) is 25.6 Å². The van der Waals surface area contributed by atoms with Crippen molar-refractivity contribution in [3.05, 3.63) is 0 Å². The van der Waals surface area contributed by atoms with Crippen LogP contribution in [0.25, 0.3) is 0 Å². The molecule has 0 aromatic rings. The van der Waals surface area contributed by atoms with E-state index >= 15 is 0 Å². The van der Waals surface area contributed by atoms with Crippen LogP contribution in [0.5, 0.6) is 0 Å². The van der Waals surface area contributed by atoms with Crippen molar-refractivity contribution in [1.29, 1.82) is 0 Å². The zero-order valence-electron chi connectivity index (χ0n) is 15.6. The minimum Gasteiger partial charge on any atom is -0.357 e. The van der Waals surface area contributed by atoms with Crippen LogP contribution in [0.15, 0.2) is 4.99 Å². The quantitative estimate of drug-likeness (QED) is 0.553. The molecule has 7 nitrogen and oxygen atoms in total. The Bertz CT molecular complexity index is 550. The number of amides is 1. The Morgan fingerprint density at radius 2 is 1.71 bits per heavy atom. The van der Waals surface area contributed by atoms with E-state index in [1.165, 1.54) is 6.26 Å². The van der Waals surface area contributed by atoms with Crippen molar-refractivity contribution in [3.8, 4) is 0 Å². The van der Waals surface area contributed by atoms with Crippen molar-refractivity contribution in [3.63, 3.8) is 0 Å². The van der Waals surface area contributed by atoms with Gasteiger partial charge in [-0.2, -0.15) is 0 Å². The maximum Gasteiger partial charge on any atom is 0.219 e. The van der Waals surface area contributed by atoms with Crippen molar-refractivity contribution < 1.29 is 13.2 Å². The van der Waals surface area contributed by atoms with Gasteiger partial charge in [0.05, 0.1) is 5.75 Å². The Kier molecular flexibility index (Phi) is 7.51. The molecule has 140 valence electrons. The van der Waals surface area contributed by atoms with Gasteiger partial charge in [-0.05, 0) is 18.8 Å². The molecule has 0 unspecified atom stereocenters. The number of carbonyl (C=O) groups is 1. The van der Waals surface area contributed by atoms with Crippen molar-refractivity contribution >= 4 is 21.7 Å². The summed E-state index contributed by atoms with van der Waals surface area (Å²) in [5.41, 5.74) is -0.176. The fraction of sp³-hybridized carbons (Fsp3) is 0.875. The highest BCUT2D eigenvalue weighted by molar-refractivity contribution is 7.90. The summed E-state index contributed by atoms with van der Waals surface area (Å²) in [5, 5.41) is 3.30. The van der Waals surface area contributed by atoms with Gasteiger partial charge in [0.2, 0.25) is 5.91 Å². The average Bonchev–Trinajstić information content (AvgIpc) is 2.49. The highest BCUT2D eigenvalue weighted by Gasteiger charge is 2.23. The summed E-state index contributed by atoms with van der Waals surface area (Å²) < 4.78 is 22.7. The fourth-order valence-electron chi connectivity index (χ4n) is 2.49. The van der Waals surface area contributed by atoms with E-state index in [1.807, 2.05) is 25.7 Å². The van der Waals surface area contributed by atoms with Crippen molar-refractivity contribution in [1.82, 2.24) is 15.1 Å². The SMILES string of the molecule is CCNC(=NCC(C)(C)CCS(C)(=O)=O)N1CCN(C(C)=O)CC1. The number of sulfone groups is 1. The Labute approximate surface area is 146 Å².